The number of ether oxygens (including phenoxy) is 1. The van der Waals surface area contributed by atoms with Gasteiger partial charge in [-0.25, -0.2) is 0 Å². The van der Waals surface area contributed by atoms with Gasteiger partial charge in [-0.3, -0.25) is 10.1 Å². The van der Waals surface area contributed by atoms with Gasteiger partial charge in [-0.2, -0.15) is 0 Å². The second-order valence-corrected chi connectivity index (χ2v) is 5.16. The first-order chi connectivity index (χ1) is 10.1. The minimum atomic E-state index is -0.386. The Morgan fingerprint density at radius 3 is 2.62 bits per heavy atom. The van der Waals surface area contributed by atoms with Gasteiger partial charge in [0, 0.05) is 12.1 Å². The van der Waals surface area contributed by atoms with Crippen LogP contribution in [0.25, 0.3) is 0 Å². The van der Waals surface area contributed by atoms with E-state index >= 15 is 0 Å². The van der Waals surface area contributed by atoms with E-state index < -0.39 is 0 Å². The molecule has 0 heterocycles. The molecule has 1 aromatic carbocycles. The Bertz CT molecular complexity index is 443. The van der Waals surface area contributed by atoms with Crippen LogP contribution in [0, 0.1) is 10.1 Å². The van der Waals surface area contributed by atoms with Crippen LogP contribution >= 0.6 is 0 Å². The Morgan fingerprint density at radius 1 is 1.29 bits per heavy atom. The fourth-order valence-corrected chi connectivity index (χ4v) is 2.36. The molecule has 0 saturated carbocycles. The van der Waals surface area contributed by atoms with Crippen LogP contribution in [-0.2, 0) is 6.42 Å². The molecular weight excluding hydrogens is 268 g/mol. The topological polar surface area (TPSA) is 64.4 Å². The van der Waals surface area contributed by atoms with Crippen molar-refractivity contribution < 1.29 is 9.66 Å². The summed E-state index contributed by atoms with van der Waals surface area (Å²) in [6.45, 7) is 7.66. The quantitative estimate of drug-likeness (QED) is 0.528. The molecule has 0 fully saturated rings. The summed E-state index contributed by atoms with van der Waals surface area (Å²) in [5, 5.41) is 14.5. The third kappa shape index (κ3) is 5.71. The summed E-state index contributed by atoms with van der Waals surface area (Å²) in [6.07, 6.45) is 3.90. The van der Waals surface area contributed by atoms with Gasteiger partial charge >= 0.3 is 5.69 Å². The Labute approximate surface area is 126 Å². The van der Waals surface area contributed by atoms with Crippen molar-refractivity contribution in [3.63, 3.8) is 0 Å². The highest BCUT2D eigenvalue weighted by Crippen LogP contribution is 2.28. The van der Waals surface area contributed by atoms with Crippen molar-refractivity contribution in [2.24, 2.45) is 0 Å². The molecule has 1 aromatic rings. The van der Waals surface area contributed by atoms with Gasteiger partial charge in [0.05, 0.1) is 11.5 Å². The molecule has 5 nitrogen and oxygen atoms in total. The summed E-state index contributed by atoms with van der Waals surface area (Å²) in [5.41, 5.74) is 1.12. The van der Waals surface area contributed by atoms with Crippen molar-refractivity contribution in [1.29, 1.82) is 0 Å². The Hall–Kier alpha value is -1.62. The van der Waals surface area contributed by atoms with E-state index in [0.29, 0.717) is 18.4 Å². The minimum Gasteiger partial charge on any atom is -0.487 e. The smallest absolute Gasteiger partial charge is 0.310 e. The molecule has 21 heavy (non-hydrogen) atoms. The standard InChI is InChI=1S/C16H26N2O3/c1-4-7-14(17-6-3)11-13-8-9-15(18(19)20)16(12-13)21-10-5-2/h8-9,12,14,17H,4-7,10-11H2,1-3H3. The molecule has 5 heteroatoms. The molecule has 0 spiro atoms. The molecule has 1 rings (SSSR count). The molecule has 118 valence electrons. The first-order valence-corrected chi connectivity index (χ1v) is 7.75. The van der Waals surface area contributed by atoms with Gasteiger partial charge < -0.3 is 10.1 Å². The number of nitrogens with one attached hydrogen (secondary N) is 1. The van der Waals surface area contributed by atoms with Gasteiger partial charge in [-0.1, -0.05) is 33.3 Å². The number of hydrogen-bond donors (Lipinski definition) is 1. The molecule has 1 N–H and O–H groups in total. The molecule has 0 bridgehead atoms. The molecular formula is C16H26N2O3. The van der Waals surface area contributed by atoms with Gasteiger partial charge in [-0.15, -0.1) is 0 Å². The maximum Gasteiger partial charge on any atom is 0.310 e. The molecule has 0 amide bonds. The van der Waals surface area contributed by atoms with E-state index in [4.69, 9.17) is 4.74 Å². The zero-order valence-electron chi connectivity index (χ0n) is 13.2. The zero-order valence-corrected chi connectivity index (χ0v) is 13.2. The summed E-state index contributed by atoms with van der Waals surface area (Å²) in [5.74, 6) is 0.381. The Balaban J connectivity index is 2.89. The monoisotopic (exact) mass is 294 g/mol. The van der Waals surface area contributed by atoms with Crippen LogP contribution in [0.2, 0.25) is 0 Å². The number of nitro benzene ring substituents is 1. The fraction of sp³-hybridized carbons (Fsp3) is 0.625. The molecule has 0 aliphatic heterocycles. The van der Waals surface area contributed by atoms with Crippen LogP contribution in [-0.4, -0.2) is 24.1 Å². The van der Waals surface area contributed by atoms with Crippen molar-refractivity contribution >= 4 is 5.69 Å². The molecule has 0 radical (unpaired) electrons. The summed E-state index contributed by atoms with van der Waals surface area (Å²) in [4.78, 5) is 10.7. The number of benzene rings is 1. The minimum absolute atomic E-state index is 0.0442. The number of rotatable bonds is 10. The number of nitrogens with zero attached hydrogens (tertiary/aromatic N) is 1. The Kier molecular flexibility index (Phi) is 7.75. The van der Waals surface area contributed by atoms with Gasteiger partial charge in [0.1, 0.15) is 0 Å². The molecule has 0 aromatic heterocycles. The lowest BCUT2D eigenvalue weighted by molar-refractivity contribution is -0.385. The highest BCUT2D eigenvalue weighted by atomic mass is 16.6. The van der Waals surface area contributed by atoms with Crippen LogP contribution in [0.1, 0.15) is 45.6 Å². The molecule has 1 unspecified atom stereocenters. The van der Waals surface area contributed by atoms with Gasteiger partial charge in [0.15, 0.2) is 5.75 Å². The lowest BCUT2D eigenvalue weighted by atomic mass is 10.0. The van der Waals surface area contributed by atoms with E-state index in [1.54, 1.807) is 6.07 Å². The third-order valence-corrected chi connectivity index (χ3v) is 3.29. The first kappa shape index (κ1) is 17.4. The first-order valence-electron chi connectivity index (χ1n) is 7.75. The molecule has 1 atom stereocenters. The summed E-state index contributed by atoms with van der Waals surface area (Å²) >= 11 is 0. The Morgan fingerprint density at radius 2 is 2.05 bits per heavy atom. The summed E-state index contributed by atoms with van der Waals surface area (Å²) in [6, 6.07) is 5.60. The average molecular weight is 294 g/mol. The molecule has 0 aliphatic rings. The zero-order chi connectivity index (χ0) is 15.7. The van der Waals surface area contributed by atoms with Gasteiger partial charge in [-0.05, 0) is 37.4 Å². The molecule has 0 aliphatic carbocycles. The van der Waals surface area contributed by atoms with Crippen LogP contribution in [0.4, 0.5) is 5.69 Å². The normalized spacial score (nSPS) is 12.1. The largest absolute Gasteiger partial charge is 0.487 e. The van der Waals surface area contributed by atoms with Crippen molar-refractivity contribution in [1.82, 2.24) is 5.32 Å². The lowest BCUT2D eigenvalue weighted by Crippen LogP contribution is -2.30. The number of nitro groups is 1. The summed E-state index contributed by atoms with van der Waals surface area (Å²) in [7, 11) is 0. The second-order valence-electron chi connectivity index (χ2n) is 5.16. The van der Waals surface area contributed by atoms with E-state index in [0.717, 1.165) is 37.8 Å². The van der Waals surface area contributed by atoms with Crippen molar-refractivity contribution in [2.45, 2.75) is 52.5 Å². The maximum absolute atomic E-state index is 11.0. The predicted molar refractivity (Wildman–Crippen MR) is 85.0 cm³/mol. The van der Waals surface area contributed by atoms with Crippen molar-refractivity contribution in [3.05, 3.63) is 33.9 Å². The summed E-state index contributed by atoms with van der Waals surface area (Å²) < 4.78 is 5.53. The highest BCUT2D eigenvalue weighted by Gasteiger charge is 2.17. The lowest BCUT2D eigenvalue weighted by Gasteiger charge is -2.17. The van der Waals surface area contributed by atoms with Crippen molar-refractivity contribution in [3.8, 4) is 5.75 Å². The van der Waals surface area contributed by atoms with Gasteiger partial charge in [0.2, 0.25) is 0 Å². The number of likely N-dealkylation sites (N-methyl/N-ethyl adjacent to an activating group) is 1. The third-order valence-electron chi connectivity index (χ3n) is 3.29. The second kappa shape index (κ2) is 9.34. The predicted octanol–water partition coefficient (Wildman–Crippen LogP) is 3.70. The van der Waals surface area contributed by atoms with Crippen molar-refractivity contribution in [2.75, 3.05) is 13.2 Å². The maximum atomic E-state index is 11.0. The van der Waals surface area contributed by atoms with Crippen LogP contribution in [0.15, 0.2) is 18.2 Å². The highest BCUT2D eigenvalue weighted by molar-refractivity contribution is 5.48. The fourth-order valence-electron chi connectivity index (χ4n) is 2.36. The molecule has 0 saturated heterocycles. The SMILES string of the molecule is CCCOc1cc(CC(CCC)NCC)ccc1[N+](=O)[O-]. The number of hydrogen-bond acceptors (Lipinski definition) is 4. The van der Waals surface area contributed by atoms with Crippen LogP contribution < -0.4 is 10.1 Å². The van der Waals surface area contributed by atoms with E-state index in [2.05, 4.69) is 19.2 Å². The van der Waals surface area contributed by atoms with E-state index in [-0.39, 0.29) is 10.6 Å². The average Bonchev–Trinajstić information content (AvgIpc) is 2.45. The van der Waals surface area contributed by atoms with E-state index in [1.807, 2.05) is 19.1 Å². The van der Waals surface area contributed by atoms with Crippen LogP contribution in [0.5, 0.6) is 5.75 Å². The van der Waals surface area contributed by atoms with E-state index in [1.165, 1.54) is 0 Å². The van der Waals surface area contributed by atoms with Crippen LogP contribution in [0.3, 0.4) is 0 Å². The van der Waals surface area contributed by atoms with Gasteiger partial charge in [0.25, 0.3) is 0 Å². The van der Waals surface area contributed by atoms with E-state index in [9.17, 15) is 10.1 Å².